The van der Waals surface area contributed by atoms with Gasteiger partial charge in [0.05, 0.1) is 18.1 Å². The summed E-state index contributed by atoms with van der Waals surface area (Å²) in [5.74, 6) is -5.41. The summed E-state index contributed by atoms with van der Waals surface area (Å²) in [6.45, 7) is 9.05. The fourth-order valence-electron chi connectivity index (χ4n) is 3.33. The molecule has 7 atom stereocenters. The zero-order valence-electron chi connectivity index (χ0n) is 15.0. The number of carboxylic acid groups (broad SMARTS) is 1. The normalized spacial score (nSPS) is 31.6. The minimum absolute atomic E-state index is 0.230. The van der Waals surface area contributed by atoms with Crippen LogP contribution in [0.1, 0.15) is 40.0 Å². The lowest BCUT2D eigenvalue weighted by Crippen LogP contribution is -2.55. The Balaban J connectivity index is 3.00. The van der Waals surface area contributed by atoms with Crippen LogP contribution in [0.4, 0.5) is 0 Å². The second kappa shape index (κ2) is 9.68. The molecule has 1 aliphatic heterocycles. The summed E-state index contributed by atoms with van der Waals surface area (Å²) in [7, 11) is 0. The average molecular weight is 356 g/mol. The first kappa shape index (κ1) is 21.3. The predicted molar refractivity (Wildman–Crippen MR) is 89.8 cm³/mol. The summed E-state index contributed by atoms with van der Waals surface area (Å²) < 4.78 is 11.3. The predicted octanol–water partition coefficient (Wildman–Crippen LogP) is 1.57. The van der Waals surface area contributed by atoms with E-state index in [1.807, 2.05) is 20.8 Å². The number of aldehydes is 1. The van der Waals surface area contributed by atoms with Crippen molar-refractivity contribution in [1.29, 1.82) is 0 Å². The Morgan fingerprint density at radius 2 is 1.96 bits per heavy atom. The van der Waals surface area contributed by atoms with Crippen molar-refractivity contribution in [2.75, 3.05) is 0 Å². The van der Waals surface area contributed by atoms with Gasteiger partial charge in [-0.2, -0.15) is 0 Å². The minimum atomic E-state index is -1.50. The molecular formula is C18H28O7. The highest BCUT2D eigenvalue weighted by atomic mass is 16.6. The summed E-state index contributed by atoms with van der Waals surface area (Å²) in [4.78, 5) is 34.9. The van der Waals surface area contributed by atoms with Crippen molar-refractivity contribution in [1.82, 2.24) is 0 Å². The third-order valence-electron chi connectivity index (χ3n) is 4.77. The number of hydrogen-bond acceptors (Lipinski definition) is 6. The van der Waals surface area contributed by atoms with Gasteiger partial charge in [0, 0.05) is 5.92 Å². The van der Waals surface area contributed by atoms with Gasteiger partial charge in [0.25, 0.3) is 0 Å². The molecule has 1 heterocycles. The van der Waals surface area contributed by atoms with E-state index in [0.717, 1.165) is 12.5 Å². The number of aliphatic hydroxyl groups excluding tert-OH is 1. The van der Waals surface area contributed by atoms with Gasteiger partial charge >= 0.3 is 11.9 Å². The van der Waals surface area contributed by atoms with E-state index in [1.165, 1.54) is 0 Å². The highest BCUT2D eigenvalue weighted by Gasteiger charge is 2.45. The number of aliphatic hydroxyl groups is 1. The molecule has 7 heteroatoms. The van der Waals surface area contributed by atoms with E-state index in [-0.39, 0.29) is 18.3 Å². The Bertz CT molecular complexity index is 490. The maximum absolute atomic E-state index is 12.4. The van der Waals surface area contributed by atoms with Crippen molar-refractivity contribution in [2.45, 2.75) is 64.4 Å². The van der Waals surface area contributed by atoms with E-state index in [9.17, 15) is 19.5 Å². The first-order chi connectivity index (χ1) is 11.8. The number of carbonyl (C=O) groups excluding carboxylic acids is 2. The highest BCUT2D eigenvalue weighted by Crippen LogP contribution is 2.33. The number of carbonyl (C=O) groups is 3. The summed E-state index contributed by atoms with van der Waals surface area (Å²) >= 11 is 0. The smallest absolute Gasteiger partial charge is 0.317 e. The second-order valence-corrected chi connectivity index (χ2v) is 6.39. The van der Waals surface area contributed by atoms with Crippen molar-refractivity contribution in [2.24, 2.45) is 17.8 Å². The Kier molecular flexibility index (Phi) is 8.25. The third kappa shape index (κ3) is 4.89. The Labute approximate surface area is 148 Å². The van der Waals surface area contributed by atoms with E-state index >= 15 is 0 Å². The first-order valence-corrected chi connectivity index (χ1v) is 8.66. The van der Waals surface area contributed by atoms with Gasteiger partial charge in [-0.1, -0.05) is 26.3 Å². The van der Waals surface area contributed by atoms with E-state index in [2.05, 4.69) is 6.58 Å². The molecule has 0 spiro atoms. The fraction of sp³-hybridized carbons (Fsp3) is 0.722. The lowest BCUT2D eigenvalue weighted by molar-refractivity contribution is -0.216. The summed E-state index contributed by atoms with van der Waals surface area (Å²) in [6, 6.07) is 0. The highest BCUT2D eigenvalue weighted by molar-refractivity contribution is 5.93. The number of ether oxygens (including phenoxy) is 2. The van der Waals surface area contributed by atoms with Crippen LogP contribution in [0, 0.1) is 17.8 Å². The molecule has 0 aliphatic carbocycles. The topological polar surface area (TPSA) is 110 Å². The number of rotatable bonds is 9. The quantitative estimate of drug-likeness (QED) is 0.279. The van der Waals surface area contributed by atoms with Crippen LogP contribution in [0.15, 0.2) is 12.7 Å². The van der Waals surface area contributed by atoms with Crippen molar-refractivity contribution in [3.63, 3.8) is 0 Å². The molecule has 2 N–H and O–H groups in total. The van der Waals surface area contributed by atoms with Crippen LogP contribution in [0.2, 0.25) is 0 Å². The largest absolute Gasteiger partial charge is 0.481 e. The van der Waals surface area contributed by atoms with Gasteiger partial charge in [-0.25, -0.2) is 0 Å². The first-order valence-electron chi connectivity index (χ1n) is 8.66. The van der Waals surface area contributed by atoms with Crippen LogP contribution < -0.4 is 0 Å². The molecule has 1 aliphatic rings. The SMILES string of the molecule is C=CC(C(=O)O)C(C=O)C(=O)OC1C(O)C(CCC)OC(C)C1CC. The van der Waals surface area contributed by atoms with Crippen LogP contribution in [0.3, 0.4) is 0 Å². The fourth-order valence-corrected chi connectivity index (χ4v) is 3.33. The maximum Gasteiger partial charge on any atom is 0.317 e. The van der Waals surface area contributed by atoms with E-state index in [4.69, 9.17) is 14.6 Å². The molecule has 0 aromatic rings. The molecule has 1 saturated heterocycles. The number of hydrogen-bond donors (Lipinski definition) is 2. The zero-order chi connectivity index (χ0) is 19.1. The molecule has 1 rings (SSSR count). The van der Waals surface area contributed by atoms with Gasteiger partial charge < -0.3 is 24.5 Å². The number of esters is 1. The molecule has 0 radical (unpaired) electrons. The maximum atomic E-state index is 12.4. The monoisotopic (exact) mass is 356 g/mol. The van der Waals surface area contributed by atoms with Crippen molar-refractivity contribution >= 4 is 18.2 Å². The minimum Gasteiger partial charge on any atom is -0.481 e. The molecule has 0 amide bonds. The van der Waals surface area contributed by atoms with Crippen LogP contribution >= 0.6 is 0 Å². The molecule has 25 heavy (non-hydrogen) atoms. The Morgan fingerprint density at radius 1 is 1.32 bits per heavy atom. The lowest BCUT2D eigenvalue weighted by atomic mass is 9.84. The van der Waals surface area contributed by atoms with Gasteiger partial charge in [-0.3, -0.25) is 9.59 Å². The summed E-state index contributed by atoms with van der Waals surface area (Å²) in [5.41, 5.74) is 0. The number of carboxylic acids is 1. The third-order valence-corrected chi connectivity index (χ3v) is 4.77. The van der Waals surface area contributed by atoms with Gasteiger partial charge in [0.1, 0.15) is 24.4 Å². The lowest BCUT2D eigenvalue weighted by Gasteiger charge is -2.43. The van der Waals surface area contributed by atoms with E-state index in [1.54, 1.807) is 0 Å². The molecule has 0 bridgehead atoms. The molecule has 7 unspecified atom stereocenters. The Hall–Kier alpha value is -1.73. The average Bonchev–Trinajstić information content (AvgIpc) is 2.56. The molecule has 0 saturated carbocycles. The van der Waals surface area contributed by atoms with Gasteiger partial charge in [-0.15, -0.1) is 6.58 Å². The van der Waals surface area contributed by atoms with E-state index < -0.39 is 42.1 Å². The van der Waals surface area contributed by atoms with Crippen molar-refractivity contribution < 1.29 is 34.1 Å². The molecule has 142 valence electrons. The van der Waals surface area contributed by atoms with Crippen molar-refractivity contribution in [3.05, 3.63) is 12.7 Å². The van der Waals surface area contributed by atoms with Gasteiger partial charge in [0.2, 0.25) is 0 Å². The molecular weight excluding hydrogens is 328 g/mol. The standard InChI is InChI=1S/C18H28O7/c1-5-8-14-15(20)16(11(6-2)10(4)24-14)25-18(23)13(9-19)12(7-3)17(21)22/h7,9-16,20H,3,5-6,8H2,1-2,4H3,(H,21,22). The molecule has 7 nitrogen and oxygen atoms in total. The Morgan fingerprint density at radius 3 is 2.40 bits per heavy atom. The summed E-state index contributed by atoms with van der Waals surface area (Å²) in [6.07, 6.45) is 0.717. The second-order valence-electron chi connectivity index (χ2n) is 6.39. The van der Waals surface area contributed by atoms with Gasteiger partial charge in [0.15, 0.2) is 0 Å². The molecule has 0 aromatic carbocycles. The molecule has 1 fully saturated rings. The van der Waals surface area contributed by atoms with Crippen molar-refractivity contribution in [3.8, 4) is 0 Å². The molecule has 0 aromatic heterocycles. The zero-order valence-corrected chi connectivity index (χ0v) is 15.0. The number of aliphatic carboxylic acids is 1. The van der Waals surface area contributed by atoms with Crippen LogP contribution in [0.5, 0.6) is 0 Å². The summed E-state index contributed by atoms with van der Waals surface area (Å²) in [5, 5.41) is 19.7. The van der Waals surface area contributed by atoms with Crippen LogP contribution in [-0.4, -0.2) is 52.9 Å². The van der Waals surface area contributed by atoms with E-state index in [0.29, 0.717) is 12.8 Å². The van der Waals surface area contributed by atoms with Gasteiger partial charge in [-0.05, 0) is 19.8 Å². The van der Waals surface area contributed by atoms with Crippen LogP contribution in [0.25, 0.3) is 0 Å². The van der Waals surface area contributed by atoms with Crippen LogP contribution in [-0.2, 0) is 23.9 Å².